The van der Waals surface area contributed by atoms with E-state index < -0.39 is 22.2 Å². The Morgan fingerprint density at radius 2 is 1.95 bits per heavy atom. The summed E-state index contributed by atoms with van der Waals surface area (Å²) in [6.07, 6.45) is 2.79. The normalized spacial score (nSPS) is 16.2. The van der Waals surface area contributed by atoms with Gasteiger partial charge in [0.2, 0.25) is 10.0 Å². The summed E-state index contributed by atoms with van der Waals surface area (Å²) in [7, 11) is -3.44. The van der Waals surface area contributed by atoms with E-state index in [1.165, 1.54) is 4.31 Å². The van der Waals surface area contributed by atoms with Gasteiger partial charge < -0.3 is 21.1 Å². The number of aliphatic hydroxyl groups excluding tert-OH is 1. The zero-order chi connectivity index (χ0) is 28.5. The minimum Gasteiger partial charge on any atom is -0.390 e. The molecule has 0 bridgehead atoms. The van der Waals surface area contributed by atoms with Crippen molar-refractivity contribution in [1.82, 2.24) is 10.6 Å². The third kappa shape index (κ3) is 7.94. The maximum absolute atomic E-state index is 13.6. The van der Waals surface area contributed by atoms with Crippen molar-refractivity contribution in [3.8, 4) is 0 Å². The summed E-state index contributed by atoms with van der Waals surface area (Å²) < 4.78 is 27.0. The second kappa shape index (κ2) is 13.9. The molecule has 8 nitrogen and oxygen atoms in total. The molecule has 4 N–H and O–H groups in total. The molecular formula is C30H38N4O4S2. The molecule has 1 aliphatic heterocycles. The number of benzene rings is 2. The van der Waals surface area contributed by atoms with E-state index in [2.05, 4.69) is 34.0 Å². The van der Waals surface area contributed by atoms with E-state index in [-0.39, 0.29) is 18.2 Å². The second-order valence-electron chi connectivity index (χ2n) is 9.92. The van der Waals surface area contributed by atoms with Gasteiger partial charge in [0, 0.05) is 42.3 Å². The molecule has 0 radical (unpaired) electrons. The number of amides is 1. The summed E-state index contributed by atoms with van der Waals surface area (Å²) in [5, 5.41) is 22.8. The van der Waals surface area contributed by atoms with Crippen molar-refractivity contribution in [3.05, 3.63) is 88.1 Å². The minimum absolute atomic E-state index is 0.0958. The number of sulfonamides is 1. The highest BCUT2D eigenvalue weighted by Crippen LogP contribution is 2.28. The SMILES string of the molecule is C=Cc1cc(CNC[C@@H](O)[C@H](Cc2ccccc2)NC(=O)c2cc(NCC)cc(N3CCCCS3(=O)=O)c2)cs1. The summed E-state index contributed by atoms with van der Waals surface area (Å²) in [6, 6.07) is 16.3. The molecule has 3 aromatic rings. The molecule has 1 amide bonds. The van der Waals surface area contributed by atoms with Gasteiger partial charge in [-0.1, -0.05) is 43.0 Å². The Hall–Kier alpha value is -3.18. The largest absolute Gasteiger partial charge is 0.390 e. The Morgan fingerprint density at radius 1 is 1.15 bits per heavy atom. The quantitative estimate of drug-likeness (QED) is 0.240. The second-order valence-corrected chi connectivity index (χ2v) is 12.9. The molecule has 40 heavy (non-hydrogen) atoms. The topological polar surface area (TPSA) is 111 Å². The predicted octanol–water partition coefficient (Wildman–Crippen LogP) is 4.24. The first-order valence-corrected chi connectivity index (χ1v) is 16.1. The molecule has 2 heterocycles. The van der Waals surface area contributed by atoms with Crippen molar-refractivity contribution in [1.29, 1.82) is 0 Å². The standard InChI is InChI=1S/C30H38N4O4S2/c1-3-27-14-23(21-39-27)19-31-20-29(35)28(15-22-10-6-5-7-11-22)33-30(36)24-16-25(32-4-2)18-26(17-24)34-12-8-9-13-40(34,37)38/h3,5-7,10-11,14,16-18,21,28-29,31-32,35H,1,4,8-9,12-13,15,19-20H2,2H3,(H,33,36)/t28-,29+/m0/s1. The fraction of sp³-hybridized carbons (Fsp3) is 0.367. The molecular weight excluding hydrogens is 544 g/mol. The van der Waals surface area contributed by atoms with Gasteiger partial charge in [-0.25, -0.2) is 8.42 Å². The molecule has 1 fully saturated rings. The average molecular weight is 583 g/mol. The number of rotatable bonds is 13. The Balaban J connectivity index is 1.53. The lowest BCUT2D eigenvalue weighted by Gasteiger charge is -2.29. The highest BCUT2D eigenvalue weighted by Gasteiger charge is 2.28. The van der Waals surface area contributed by atoms with Crippen LogP contribution in [-0.2, 0) is 23.0 Å². The smallest absolute Gasteiger partial charge is 0.251 e. The fourth-order valence-corrected chi connectivity index (χ4v) is 7.15. The van der Waals surface area contributed by atoms with Crippen LogP contribution in [0.1, 0.15) is 46.1 Å². The van der Waals surface area contributed by atoms with Gasteiger partial charge in [0.15, 0.2) is 0 Å². The maximum Gasteiger partial charge on any atom is 0.251 e. The Labute approximate surface area is 241 Å². The summed E-state index contributed by atoms with van der Waals surface area (Å²) in [5.41, 5.74) is 3.57. The van der Waals surface area contributed by atoms with Gasteiger partial charge in [0.25, 0.3) is 5.91 Å². The molecule has 1 aliphatic rings. The van der Waals surface area contributed by atoms with Crippen LogP contribution in [0.2, 0.25) is 0 Å². The van der Waals surface area contributed by atoms with Crippen LogP contribution >= 0.6 is 11.3 Å². The molecule has 2 atom stereocenters. The molecule has 10 heteroatoms. The van der Waals surface area contributed by atoms with Gasteiger partial charge in [-0.05, 0) is 67.0 Å². The van der Waals surface area contributed by atoms with E-state index in [4.69, 9.17) is 0 Å². The summed E-state index contributed by atoms with van der Waals surface area (Å²) in [6.45, 7) is 7.62. The van der Waals surface area contributed by atoms with Crippen LogP contribution in [0.4, 0.5) is 11.4 Å². The molecule has 1 saturated heterocycles. The first kappa shape index (κ1) is 29.8. The summed E-state index contributed by atoms with van der Waals surface area (Å²) in [4.78, 5) is 14.7. The maximum atomic E-state index is 13.6. The zero-order valence-corrected chi connectivity index (χ0v) is 24.4. The zero-order valence-electron chi connectivity index (χ0n) is 22.8. The predicted molar refractivity (Wildman–Crippen MR) is 164 cm³/mol. The van der Waals surface area contributed by atoms with Crippen LogP contribution in [-0.4, -0.2) is 57.0 Å². The van der Waals surface area contributed by atoms with Gasteiger partial charge in [0.05, 0.1) is 23.6 Å². The number of anilines is 2. The van der Waals surface area contributed by atoms with E-state index in [0.717, 1.165) is 22.4 Å². The van der Waals surface area contributed by atoms with Crippen LogP contribution in [0.3, 0.4) is 0 Å². The lowest BCUT2D eigenvalue weighted by Crippen LogP contribution is -2.48. The van der Waals surface area contributed by atoms with Crippen molar-refractivity contribution < 1.29 is 18.3 Å². The van der Waals surface area contributed by atoms with Gasteiger partial charge in [-0.15, -0.1) is 11.3 Å². The minimum atomic E-state index is -3.44. The fourth-order valence-electron chi connectivity index (χ4n) is 4.78. The summed E-state index contributed by atoms with van der Waals surface area (Å²) in [5.74, 6) is -0.276. The summed E-state index contributed by atoms with van der Waals surface area (Å²) >= 11 is 1.61. The first-order chi connectivity index (χ1) is 19.3. The Bertz CT molecular complexity index is 1390. The number of aliphatic hydroxyl groups is 1. The first-order valence-electron chi connectivity index (χ1n) is 13.6. The molecule has 0 saturated carbocycles. The molecule has 1 aromatic heterocycles. The Kier molecular flexibility index (Phi) is 10.4. The average Bonchev–Trinajstić information content (AvgIpc) is 3.41. The van der Waals surface area contributed by atoms with E-state index >= 15 is 0 Å². The third-order valence-electron chi connectivity index (χ3n) is 6.84. The highest BCUT2D eigenvalue weighted by molar-refractivity contribution is 7.92. The number of nitrogens with one attached hydrogen (secondary N) is 3. The lowest BCUT2D eigenvalue weighted by molar-refractivity contribution is 0.0830. The van der Waals surface area contributed by atoms with Crippen LogP contribution in [0.15, 0.2) is 66.6 Å². The molecule has 0 unspecified atom stereocenters. The van der Waals surface area contributed by atoms with Crippen LogP contribution in [0, 0.1) is 0 Å². The number of thiophene rings is 1. The van der Waals surface area contributed by atoms with E-state index in [0.29, 0.717) is 49.4 Å². The number of carbonyl (C=O) groups is 1. The van der Waals surface area contributed by atoms with Crippen molar-refractivity contribution in [2.75, 3.05) is 35.0 Å². The molecule has 0 aliphatic carbocycles. The molecule has 214 valence electrons. The van der Waals surface area contributed by atoms with Crippen molar-refractivity contribution in [3.63, 3.8) is 0 Å². The van der Waals surface area contributed by atoms with Crippen molar-refractivity contribution in [2.45, 2.75) is 44.9 Å². The van der Waals surface area contributed by atoms with Gasteiger partial charge in [-0.3, -0.25) is 9.10 Å². The van der Waals surface area contributed by atoms with E-state index in [1.807, 2.05) is 43.3 Å². The van der Waals surface area contributed by atoms with Gasteiger partial charge >= 0.3 is 0 Å². The molecule has 4 rings (SSSR count). The van der Waals surface area contributed by atoms with Crippen LogP contribution < -0.4 is 20.3 Å². The Morgan fingerprint density at radius 3 is 2.65 bits per heavy atom. The molecule has 0 spiro atoms. The van der Waals surface area contributed by atoms with E-state index in [1.54, 1.807) is 29.5 Å². The van der Waals surface area contributed by atoms with Gasteiger partial charge in [-0.2, -0.15) is 0 Å². The number of carbonyl (C=O) groups excluding carboxylic acids is 1. The monoisotopic (exact) mass is 582 g/mol. The van der Waals surface area contributed by atoms with Crippen LogP contribution in [0.25, 0.3) is 6.08 Å². The lowest BCUT2D eigenvalue weighted by atomic mass is 10.00. The number of hydrogen-bond donors (Lipinski definition) is 4. The van der Waals surface area contributed by atoms with Gasteiger partial charge in [0.1, 0.15) is 0 Å². The van der Waals surface area contributed by atoms with E-state index in [9.17, 15) is 18.3 Å². The molecule has 2 aromatic carbocycles. The van der Waals surface area contributed by atoms with Crippen LogP contribution in [0.5, 0.6) is 0 Å². The highest BCUT2D eigenvalue weighted by atomic mass is 32.2. The third-order valence-corrected chi connectivity index (χ3v) is 9.68. The number of hydrogen-bond acceptors (Lipinski definition) is 7. The van der Waals surface area contributed by atoms with Crippen molar-refractivity contribution >= 4 is 44.7 Å². The van der Waals surface area contributed by atoms with Crippen molar-refractivity contribution in [2.24, 2.45) is 0 Å². The number of nitrogens with zero attached hydrogens (tertiary/aromatic N) is 1.